The second-order valence-corrected chi connectivity index (χ2v) is 6.70. The van der Waals surface area contributed by atoms with Crippen molar-refractivity contribution < 1.29 is 17.9 Å². The van der Waals surface area contributed by atoms with Gasteiger partial charge in [0.1, 0.15) is 26.4 Å². The second kappa shape index (κ2) is 6.45. The average molecular weight is 308 g/mol. The van der Waals surface area contributed by atoms with Crippen LogP contribution < -0.4 is 14.8 Å². The Morgan fingerprint density at radius 1 is 1.32 bits per heavy atom. The predicted octanol–water partition coefficient (Wildman–Crippen LogP) is 1.66. The fraction of sp³-hybridized carbons (Fsp3) is 0.500. The van der Waals surface area contributed by atoms with Gasteiger partial charge in [0.15, 0.2) is 0 Å². The van der Waals surface area contributed by atoms with Gasteiger partial charge in [-0.3, -0.25) is 0 Å². The van der Waals surface area contributed by atoms with Gasteiger partial charge in [0, 0.05) is 17.9 Å². The number of benzene rings is 1. The van der Waals surface area contributed by atoms with Gasteiger partial charge < -0.3 is 14.8 Å². The molecule has 0 bridgehead atoms. The Bertz CT molecular complexity index is 545. The molecule has 0 radical (unpaired) electrons. The smallest absolute Gasteiger partial charge is 0.149 e. The summed E-state index contributed by atoms with van der Waals surface area (Å²) >= 11 is 6.16. The van der Waals surface area contributed by atoms with Crippen LogP contribution in [0.25, 0.3) is 0 Å². The first-order valence-corrected chi connectivity index (χ1v) is 8.03. The number of halogens is 1. The van der Waals surface area contributed by atoms with E-state index in [1.54, 1.807) is 19.2 Å². The van der Waals surface area contributed by atoms with E-state index in [4.69, 9.17) is 21.1 Å². The fourth-order valence-corrected chi connectivity index (χ4v) is 3.10. The number of ether oxygens (including phenoxy) is 2. The van der Waals surface area contributed by atoms with E-state index in [1.165, 1.54) is 20.5 Å². The summed E-state index contributed by atoms with van der Waals surface area (Å²) in [6.07, 6.45) is 1.19. The standard InChI is InChI=1S/C12H18ClNO4S/c1-14-9(7-19(4,15)16)8-5-6-10(17-2)11(13)12(8)18-3/h5-6,9,14H,7H2,1-4H3. The van der Waals surface area contributed by atoms with Gasteiger partial charge >= 0.3 is 0 Å². The molecule has 1 aromatic rings. The fourth-order valence-electron chi connectivity index (χ4n) is 1.82. The largest absolute Gasteiger partial charge is 0.495 e. The van der Waals surface area contributed by atoms with Crippen LogP contribution in [0.3, 0.4) is 0 Å². The van der Waals surface area contributed by atoms with Crippen molar-refractivity contribution in [3.8, 4) is 11.5 Å². The molecule has 0 saturated heterocycles. The Labute approximate surface area is 118 Å². The highest BCUT2D eigenvalue weighted by molar-refractivity contribution is 7.90. The molecule has 19 heavy (non-hydrogen) atoms. The maximum atomic E-state index is 11.4. The van der Waals surface area contributed by atoms with Crippen molar-refractivity contribution in [3.05, 3.63) is 22.7 Å². The van der Waals surface area contributed by atoms with Crippen molar-refractivity contribution in [2.75, 3.05) is 33.3 Å². The maximum Gasteiger partial charge on any atom is 0.149 e. The van der Waals surface area contributed by atoms with E-state index >= 15 is 0 Å². The van der Waals surface area contributed by atoms with E-state index in [0.717, 1.165) is 0 Å². The normalized spacial score (nSPS) is 13.1. The van der Waals surface area contributed by atoms with Crippen LogP contribution in [0.1, 0.15) is 11.6 Å². The molecule has 5 nitrogen and oxygen atoms in total. The quantitative estimate of drug-likeness (QED) is 0.866. The van der Waals surface area contributed by atoms with E-state index in [-0.39, 0.29) is 5.75 Å². The lowest BCUT2D eigenvalue weighted by atomic mass is 10.1. The molecule has 0 amide bonds. The Kier molecular flexibility index (Phi) is 5.46. The van der Waals surface area contributed by atoms with Crippen LogP contribution in [0.2, 0.25) is 5.02 Å². The molecule has 7 heteroatoms. The van der Waals surface area contributed by atoms with E-state index in [1.807, 2.05) is 0 Å². The van der Waals surface area contributed by atoms with Crippen LogP contribution in [-0.2, 0) is 9.84 Å². The summed E-state index contributed by atoms with van der Waals surface area (Å²) in [5, 5.41) is 3.29. The zero-order valence-electron chi connectivity index (χ0n) is 11.4. The molecular weight excluding hydrogens is 290 g/mol. The molecule has 0 saturated carbocycles. The van der Waals surface area contributed by atoms with Crippen molar-refractivity contribution in [2.45, 2.75) is 6.04 Å². The van der Waals surface area contributed by atoms with Crippen LogP contribution in [-0.4, -0.2) is 41.7 Å². The Balaban J connectivity index is 3.28. The van der Waals surface area contributed by atoms with Crippen molar-refractivity contribution in [1.82, 2.24) is 5.32 Å². The first-order valence-electron chi connectivity index (χ1n) is 5.59. The summed E-state index contributed by atoms with van der Waals surface area (Å²) in [6.45, 7) is 0. The Hall–Kier alpha value is -0.980. The molecule has 1 atom stereocenters. The van der Waals surface area contributed by atoms with Crippen molar-refractivity contribution in [2.24, 2.45) is 0 Å². The monoisotopic (exact) mass is 307 g/mol. The lowest BCUT2D eigenvalue weighted by Gasteiger charge is -2.20. The molecule has 1 unspecified atom stereocenters. The number of rotatable bonds is 6. The van der Waals surface area contributed by atoms with Crippen LogP contribution in [0.15, 0.2) is 12.1 Å². The Morgan fingerprint density at radius 2 is 1.95 bits per heavy atom. The molecule has 0 aliphatic carbocycles. The third-order valence-electron chi connectivity index (χ3n) is 2.71. The topological polar surface area (TPSA) is 64.6 Å². The minimum absolute atomic E-state index is 0.0392. The third kappa shape index (κ3) is 3.99. The SMILES string of the molecule is CNC(CS(C)(=O)=O)c1ccc(OC)c(Cl)c1OC. The number of methoxy groups -OCH3 is 2. The Morgan fingerprint density at radius 3 is 2.37 bits per heavy atom. The highest BCUT2D eigenvalue weighted by atomic mass is 35.5. The number of sulfone groups is 1. The minimum atomic E-state index is -3.13. The van der Waals surface area contributed by atoms with Crippen molar-refractivity contribution >= 4 is 21.4 Å². The van der Waals surface area contributed by atoms with Crippen LogP contribution in [0.4, 0.5) is 0 Å². The highest BCUT2D eigenvalue weighted by Crippen LogP contribution is 2.39. The summed E-state index contributed by atoms with van der Waals surface area (Å²) < 4.78 is 33.3. The molecule has 108 valence electrons. The van der Waals surface area contributed by atoms with E-state index in [9.17, 15) is 8.42 Å². The second-order valence-electron chi connectivity index (χ2n) is 4.14. The molecule has 0 aliphatic rings. The van der Waals surface area contributed by atoms with Crippen molar-refractivity contribution in [1.29, 1.82) is 0 Å². The van der Waals surface area contributed by atoms with Crippen LogP contribution in [0.5, 0.6) is 11.5 Å². The summed E-state index contributed by atoms with van der Waals surface area (Å²) in [4.78, 5) is 0. The zero-order chi connectivity index (χ0) is 14.6. The minimum Gasteiger partial charge on any atom is -0.495 e. The number of nitrogens with one attached hydrogen (secondary N) is 1. The summed E-state index contributed by atoms with van der Waals surface area (Å²) in [5.41, 5.74) is 0.682. The van der Waals surface area contributed by atoms with Crippen LogP contribution >= 0.6 is 11.6 Å². The van der Waals surface area contributed by atoms with E-state index < -0.39 is 15.9 Å². The first kappa shape index (κ1) is 16.1. The molecule has 1 aromatic carbocycles. The van der Waals surface area contributed by atoms with Gasteiger partial charge in [0.05, 0.1) is 20.0 Å². The molecule has 0 aliphatic heterocycles. The molecule has 1 N–H and O–H groups in total. The van der Waals surface area contributed by atoms with Gasteiger partial charge in [-0.1, -0.05) is 11.6 Å². The van der Waals surface area contributed by atoms with Gasteiger partial charge in [-0.25, -0.2) is 8.42 Å². The molecule has 0 fully saturated rings. The van der Waals surface area contributed by atoms with Gasteiger partial charge in [-0.2, -0.15) is 0 Å². The lowest BCUT2D eigenvalue weighted by Crippen LogP contribution is -2.25. The van der Waals surface area contributed by atoms with E-state index in [0.29, 0.717) is 22.1 Å². The number of hydrogen-bond acceptors (Lipinski definition) is 5. The molecule has 0 spiro atoms. The molecule has 0 aromatic heterocycles. The summed E-state index contributed by atoms with van der Waals surface area (Å²) in [5.74, 6) is 0.864. The summed E-state index contributed by atoms with van der Waals surface area (Å²) in [7, 11) is 1.55. The first-order chi connectivity index (χ1) is 8.84. The lowest BCUT2D eigenvalue weighted by molar-refractivity contribution is 0.387. The van der Waals surface area contributed by atoms with Gasteiger partial charge in [0.25, 0.3) is 0 Å². The highest BCUT2D eigenvalue weighted by Gasteiger charge is 2.22. The van der Waals surface area contributed by atoms with Gasteiger partial charge in [-0.15, -0.1) is 0 Å². The average Bonchev–Trinajstić information content (AvgIpc) is 2.34. The summed E-state index contributed by atoms with van der Waals surface area (Å²) in [6, 6.07) is 3.04. The molecule has 0 heterocycles. The predicted molar refractivity (Wildman–Crippen MR) is 76.1 cm³/mol. The zero-order valence-corrected chi connectivity index (χ0v) is 12.9. The number of hydrogen-bond donors (Lipinski definition) is 1. The van der Waals surface area contributed by atoms with Gasteiger partial charge in [-0.05, 0) is 19.2 Å². The van der Waals surface area contributed by atoms with Crippen LogP contribution in [0, 0.1) is 0 Å². The van der Waals surface area contributed by atoms with Crippen molar-refractivity contribution in [3.63, 3.8) is 0 Å². The van der Waals surface area contributed by atoms with E-state index in [2.05, 4.69) is 5.32 Å². The maximum absolute atomic E-state index is 11.4. The molecular formula is C12H18ClNO4S. The van der Waals surface area contributed by atoms with Gasteiger partial charge in [0.2, 0.25) is 0 Å². The third-order valence-corrected chi connectivity index (χ3v) is 4.01. The molecule has 1 rings (SSSR count).